The summed E-state index contributed by atoms with van der Waals surface area (Å²) in [6.45, 7) is 3.75. The van der Waals surface area contributed by atoms with Gasteiger partial charge in [-0.2, -0.15) is 0 Å². The van der Waals surface area contributed by atoms with Gasteiger partial charge in [-0.1, -0.05) is 13.3 Å². The summed E-state index contributed by atoms with van der Waals surface area (Å²) in [5.74, 6) is 0.293. The molecule has 3 heteroatoms. The first-order valence-electron chi connectivity index (χ1n) is 8.81. The van der Waals surface area contributed by atoms with Crippen LogP contribution in [0.2, 0.25) is 0 Å². The van der Waals surface area contributed by atoms with Crippen LogP contribution in [0.15, 0.2) is 12.1 Å². The number of ketones is 1. The molecule has 3 rings (SSSR count). The molecular weight excluding hydrogens is 274 g/mol. The van der Waals surface area contributed by atoms with E-state index >= 15 is 0 Å². The van der Waals surface area contributed by atoms with Gasteiger partial charge in [-0.05, 0) is 61.8 Å². The first-order chi connectivity index (χ1) is 10.8. The van der Waals surface area contributed by atoms with Crippen LogP contribution in [0, 0.1) is 0 Å². The molecule has 1 aromatic rings. The topological polar surface area (TPSA) is 38.3 Å². The zero-order chi connectivity index (χ0) is 15.4. The van der Waals surface area contributed by atoms with E-state index in [0.29, 0.717) is 18.2 Å². The quantitative estimate of drug-likeness (QED) is 0.803. The zero-order valence-electron chi connectivity index (χ0n) is 13.6. The molecule has 120 valence electrons. The van der Waals surface area contributed by atoms with Crippen molar-refractivity contribution in [2.75, 3.05) is 18.5 Å². The molecule has 1 aliphatic heterocycles. The number of benzene rings is 1. The number of carbonyl (C=O) groups is 1. The highest BCUT2D eigenvalue weighted by molar-refractivity contribution is 5.97. The molecule has 0 spiro atoms. The Morgan fingerprint density at radius 3 is 2.95 bits per heavy atom. The van der Waals surface area contributed by atoms with Crippen molar-refractivity contribution in [2.45, 2.75) is 64.3 Å². The summed E-state index contributed by atoms with van der Waals surface area (Å²) < 4.78 is 5.47. The van der Waals surface area contributed by atoms with Crippen molar-refractivity contribution in [1.29, 1.82) is 0 Å². The number of aryl methyl sites for hydroxylation is 1. The molecule has 1 heterocycles. The summed E-state index contributed by atoms with van der Waals surface area (Å²) >= 11 is 0. The van der Waals surface area contributed by atoms with Crippen molar-refractivity contribution < 1.29 is 9.53 Å². The Kier molecular flexibility index (Phi) is 5.14. The van der Waals surface area contributed by atoms with E-state index in [4.69, 9.17) is 4.74 Å². The number of fused-ring (bicyclic) bond motifs is 1. The minimum atomic E-state index is 0.293. The number of carbonyl (C=O) groups excluding carboxylic acids is 1. The van der Waals surface area contributed by atoms with Gasteiger partial charge in [-0.3, -0.25) is 4.79 Å². The number of hydrogen-bond acceptors (Lipinski definition) is 3. The van der Waals surface area contributed by atoms with Crippen LogP contribution in [0.25, 0.3) is 0 Å². The molecule has 2 aliphatic rings. The van der Waals surface area contributed by atoms with Gasteiger partial charge in [0.25, 0.3) is 0 Å². The number of hydrogen-bond donors (Lipinski definition) is 1. The second-order valence-electron chi connectivity index (χ2n) is 6.60. The highest BCUT2D eigenvalue weighted by Crippen LogP contribution is 2.31. The van der Waals surface area contributed by atoms with Gasteiger partial charge in [-0.25, -0.2) is 0 Å². The highest BCUT2D eigenvalue weighted by Gasteiger charge is 2.21. The maximum Gasteiger partial charge on any atom is 0.162 e. The van der Waals surface area contributed by atoms with Crippen LogP contribution in [-0.4, -0.2) is 25.0 Å². The summed E-state index contributed by atoms with van der Waals surface area (Å²) in [5.41, 5.74) is 4.91. The third-order valence-electron chi connectivity index (χ3n) is 4.83. The molecule has 0 aromatic heterocycles. The molecule has 0 radical (unpaired) electrons. The fourth-order valence-corrected chi connectivity index (χ4v) is 3.51. The highest BCUT2D eigenvalue weighted by atomic mass is 16.5. The Morgan fingerprint density at radius 2 is 2.18 bits per heavy atom. The van der Waals surface area contributed by atoms with E-state index in [2.05, 4.69) is 24.4 Å². The molecule has 1 saturated heterocycles. The van der Waals surface area contributed by atoms with Crippen molar-refractivity contribution in [2.24, 2.45) is 0 Å². The molecule has 0 amide bonds. The summed E-state index contributed by atoms with van der Waals surface area (Å²) in [4.78, 5) is 12.4. The lowest BCUT2D eigenvalue weighted by molar-refractivity contribution is 0.0979. The minimum absolute atomic E-state index is 0.293. The predicted octanol–water partition coefficient (Wildman–Crippen LogP) is 4.14. The molecule has 1 aromatic carbocycles. The van der Waals surface area contributed by atoms with Gasteiger partial charge in [0, 0.05) is 24.3 Å². The molecule has 3 nitrogen and oxygen atoms in total. The van der Waals surface area contributed by atoms with Crippen molar-refractivity contribution in [3.05, 3.63) is 28.8 Å². The second kappa shape index (κ2) is 7.28. The molecule has 1 fully saturated rings. The van der Waals surface area contributed by atoms with Crippen molar-refractivity contribution in [3.8, 4) is 0 Å². The normalized spacial score (nSPS) is 20.7. The molecule has 1 aliphatic carbocycles. The Bertz CT molecular complexity index is 532. The molecule has 0 bridgehead atoms. The second-order valence-corrected chi connectivity index (χ2v) is 6.60. The van der Waals surface area contributed by atoms with E-state index in [1.165, 1.54) is 29.7 Å². The largest absolute Gasteiger partial charge is 0.380 e. The van der Waals surface area contributed by atoms with Crippen LogP contribution in [0.5, 0.6) is 0 Å². The van der Waals surface area contributed by atoms with Crippen molar-refractivity contribution >= 4 is 11.5 Å². The van der Waals surface area contributed by atoms with Crippen LogP contribution in [-0.2, 0) is 17.6 Å². The Hall–Kier alpha value is -1.35. The number of nitrogens with one attached hydrogen (secondary N) is 1. The van der Waals surface area contributed by atoms with E-state index in [1.807, 2.05) is 0 Å². The molecule has 1 unspecified atom stereocenters. The lowest BCUT2D eigenvalue weighted by atomic mass is 9.87. The molecule has 0 saturated carbocycles. The number of ether oxygens (including phenoxy) is 1. The van der Waals surface area contributed by atoms with Gasteiger partial charge in [0.1, 0.15) is 0 Å². The Morgan fingerprint density at radius 1 is 1.32 bits per heavy atom. The average molecular weight is 301 g/mol. The maximum absolute atomic E-state index is 12.4. The molecule has 1 N–H and O–H groups in total. The zero-order valence-corrected chi connectivity index (χ0v) is 13.6. The minimum Gasteiger partial charge on any atom is -0.380 e. The summed E-state index contributed by atoms with van der Waals surface area (Å²) in [7, 11) is 0. The van der Waals surface area contributed by atoms with Crippen LogP contribution in [0.3, 0.4) is 0 Å². The maximum atomic E-state index is 12.4. The SMILES string of the molecule is CCCCC(=O)c1cc2c(c(NC3CCOC3)c1)CCCC2. The first-order valence-corrected chi connectivity index (χ1v) is 8.81. The first kappa shape index (κ1) is 15.5. The smallest absolute Gasteiger partial charge is 0.162 e. The van der Waals surface area contributed by atoms with E-state index in [-0.39, 0.29) is 0 Å². The van der Waals surface area contributed by atoms with Gasteiger partial charge < -0.3 is 10.1 Å². The van der Waals surface area contributed by atoms with Gasteiger partial charge in [-0.15, -0.1) is 0 Å². The van der Waals surface area contributed by atoms with Crippen LogP contribution >= 0.6 is 0 Å². The lowest BCUT2D eigenvalue weighted by Crippen LogP contribution is -2.21. The van der Waals surface area contributed by atoms with Crippen LogP contribution in [0.1, 0.15) is 66.9 Å². The molecule has 1 atom stereocenters. The van der Waals surface area contributed by atoms with Gasteiger partial charge >= 0.3 is 0 Å². The number of rotatable bonds is 6. The van der Waals surface area contributed by atoms with E-state index in [1.54, 1.807) is 0 Å². The van der Waals surface area contributed by atoms with Gasteiger partial charge in [0.05, 0.1) is 12.6 Å². The summed E-state index contributed by atoms with van der Waals surface area (Å²) in [6, 6.07) is 4.65. The van der Waals surface area contributed by atoms with Gasteiger partial charge in [0.2, 0.25) is 0 Å². The standard InChI is InChI=1S/C19H27NO2/c1-2-3-8-19(21)15-11-14-6-4-5-7-17(14)18(12-15)20-16-9-10-22-13-16/h11-12,16,20H,2-10,13H2,1H3. The van der Waals surface area contributed by atoms with E-state index in [0.717, 1.165) is 50.9 Å². The Balaban J connectivity index is 1.86. The average Bonchev–Trinajstić information content (AvgIpc) is 3.05. The van der Waals surface area contributed by atoms with Crippen molar-refractivity contribution in [3.63, 3.8) is 0 Å². The number of anilines is 1. The molecule has 22 heavy (non-hydrogen) atoms. The van der Waals surface area contributed by atoms with E-state index < -0.39 is 0 Å². The Labute approximate surface area is 133 Å². The lowest BCUT2D eigenvalue weighted by Gasteiger charge is -2.23. The van der Waals surface area contributed by atoms with Crippen molar-refractivity contribution in [1.82, 2.24) is 0 Å². The number of Topliss-reactive ketones (excluding diaryl/α,β-unsaturated/α-hetero) is 1. The van der Waals surface area contributed by atoms with Crippen LogP contribution in [0.4, 0.5) is 5.69 Å². The summed E-state index contributed by atoms with van der Waals surface area (Å²) in [5, 5.41) is 3.64. The third kappa shape index (κ3) is 3.52. The van der Waals surface area contributed by atoms with Gasteiger partial charge in [0.15, 0.2) is 5.78 Å². The summed E-state index contributed by atoms with van der Waals surface area (Å²) in [6.07, 6.45) is 8.52. The number of unbranched alkanes of at least 4 members (excludes halogenated alkanes) is 1. The fourth-order valence-electron chi connectivity index (χ4n) is 3.51. The third-order valence-corrected chi connectivity index (χ3v) is 4.83. The fraction of sp³-hybridized carbons (Fsp3) is 0.632. The van der Waals surface area contributed by atoms with E-state index in [9.17, 15) is 4.79 Å². The molecular formula is C19H27NO2. The van der Waals surface area contributed by atoms with Crippen LogP contribution < -0.4 is 5.32 Å². The predicted molar refractivity (Wildman–Crippen MR) is 89.8 cm³/mol. The monoisotopic (exact) mass is 301 g/mol.